The molecule has 66 valence electrons. The Kier molecular flexibility index (Phi) is 2.27. The summed E-state index contributed by atoms with van der Waals surface area (Å²) < 4.78 is 1.61. The lowest BCUT2D eigenvalue weighted by Gasteiger charge is -1.99. The maximum Gasteiger partial charge on any atom is 0.155 e. The van der Waals surface area contributed by atoms with Gasteiger partial charge in [-0.15, -0.1) is 0 Å². The van der Waals surface area contributed by atoms with Gasteiger partial charge in [0.1, 0.15) is 12.7 Å². The van der Waals surface area contributed by atoms with Crippen molar-refractivity contribution in [3.8, 4) is 5.82 Å². The van der Waals surface area contributed by atoms with Gasteiger partial charge in [0.2, 0.25) is 0 Å². The van der Waals surface area contributed by atoms with Gasteiger partial charge in [-0.2, -0.15) is 17.7 Å². The molecule has 0 saturated carbocycles. The largest absolute Gasteiger partial charge is 0.237 e. The molecular weight excluding hydrogens is 184 g/mol. The first kappa shape index (κ1) is 8.25. The van der Waals surface area contributed by atoms with E-state index in [1.165, 1.54) is 6.33 Å². The zero-order chi connectivity index (χ0) is 9.10. The van der Waals surface area contributed by atoms with Gasteiger partial charge in [0.15, 0.2) is 5.82 Å². The summed E-state index contributed by atoms with van der Waals surface area (Å²) in [4.78, 5) is 8.04. The summed E-state index contributed by atoms with van der Waals surface area (Å²) >= 11 is 4.14. The summed E-state index contributed by atoms with van der Waals surface area (Å²) in [5.41, 5.74) is 1.09. The van der Waals surface area contributed by atoms with E-state index >= 15 is 0 Å². The third-order valence-corrected chi connectivity index (χ3v) is 2.01. The summed E-state index contributed by atoms with van der Waals surface area (Å²) in [6.07, 6.45) is 4.88. The smallest absolute Gasteiger partial charge is 0.155 e. The van der Waals surface area contributed by atoms with Crippen LogP contribution in [-0.4, -0.2) is 19.7 Å². The second-order valence-corrected chi connectivity index (χ2v) is 2.84. The Morgan fingerprint density at radius 3 is 2.85 bits per heavy atom. The molecule has 2 heterocycles. The number of aromatic nitrogens is 4. The topological polar surface area (TPSA) is 43.6 Å². The highest BCUT2D eigenvalue weighted by atomic mass is 32.1. The van der Waals surface area contributed by atoms with Gasteiger partial charge in [-0.05, 0) is 11.6 Å². The first-order chi connectivity index (χ1) is 6.40. The van der Waals surface area contributed by atoms with Crippen molar-refractivity contribution in [2.75, 3.05) is 0 Å². The van der Waals surface area contributed by atoms with Crippen molar-refractivity contribution in [1.29, 1.82) is 0 Å². The van der Waals surface area contributed by atoms with Gasteiger partial charge >= 0.3 is 0 Å². The van der Waals surface area contributed by atoms with E-state index in [0.717, 1.165) is 11.4 Å². The maximum absolute atomic E-state index is 4.20. The Bertz CT molecular complexity index is 368. The van der Waals surface area contributed by atoms with Crippen molar-refractivity contribution >= 4 is 12.6 Å². The molecule has 0 fully saturated rings. The van der Waals surface area contributed by atoms with E-state index in [0.29, 0.717) is 5.75 Å². The van der Waals surface area contributed by atoms with Crippen LogP contribution in [0.3, 0.4) is 0 Å². The monoisotopic (exact) mass is 192 g/mol. The molecule has 13 heavy (non-hydrogen) atoms. The Balaban J connectivity index is 2.33. The Morgan fingerprint density at radius 2 is 2.31 bits per heavy atom. The zero-order valence-corrected chi connectivity index (χ0v) is 7.72. The molecule has 0 aliphatic rings. The van der Waals surface area contributed by atoms with Gasteiger partial charge in [-0.25, -0.2) is 14.6 Å². The number of nitrogens with zero attached hydrogens (tertiary/aromatic N) is 4. The number of hydrogen-bond acceptors (Lipinski definition) is 4. The van der Waals surface area contributed by atoms with Crippen LogP contribution in [0.2, 0.25) is 0 Å². The van der Waals surface area contributed by atoms with Gasteiger partial charge < -0.3 is 0 Å². The van der Waals surface area contributed by atoms with Crippen molar-refractivity contribution in [3.63, 3.8) is 0 Å². The third kappa shape index (κ3) is 1.70. The number of pyridine rings is 1. The highest BCUT2D eigenvalue weighted by molar-refractivity contribution is 7.79. The van der Waals surface area contributed by atoms with E-state index in [-0.39, 0.29) is 0 Å². The minimum atomic E-state index is 0.699. The molecule has 2 rings (SSSR count). The molecule has 5 heteroatoms. The highest BCUT2D eigenvalue weighted by Crippen LogP contribution is 2.05. The molecule has 0 saturated heterocycles. The first-order valence-electron chi connectivity index (χ1n) is 3.81. The molecule has 0 N–H and O–H groups in total. The van der Waals surface area contributed by atoms with E-state index < -0.39 is 0 Å². The summed E-state index contributed by atoms with van der Waals surface area (Å²) in [6.45, 7) is 0. The average molecular weight is 192 g/mol. The predicted octanol–water partition coefficient (Wildman–Crippen LogP) is 1.09. The zero-order valence-electron chi connectivity index (χ0n) is 6.83. The fourth-order valence-corrected chi connectivity index (χ4v) is 1.16. The molecule has 0 unspecified atom stereocenters. The summed E-state index contributed by atoms with van der Waals surface area (Å²) in [7, 11) is 0. The standard InChI is InChI=1S/C8H8N4S/c13-4-7-1-2-8(10-3-7)12-6-9-5-11-12/h1-3,5-6,13H,4H2. The van der Waals surface area contributed by atoms with Gasteiger partial charge in [-0.1, -0.05) is 6.07 Å². The van der Waals surface area contributed by atoms with Crippen LogP contribution >= 0.6 is 12.6 Å². The highest BCUT2D eigenvalue weighted by Gasteiger charge is 1.97. The van der Waals surface area contributed by atoms with Crippen LogP contribution in [0.1, 0.15) is 5.56 Å². The van der Waals surface area contributed by atoms with Crippen molar-refractivity contribution < 1.29 is 0 Å². The lowest BCUT2D eigenvalue weighted by Crippen LogP contribution is -1.97. The molecule has 0 radical (unpaired) electrons. The maximum atomic E-state index is 4.20. The molecule has 0 aromatic carbocycles. The van der Waals surface area contributed by atoms with Crippen LogP contribution < -0.4 is 0 Å². The van der Waals surface area contributed by atoms with E-state index in [2.05, 4.69) is 27.7 Å². The van der Waals surface area contributed by atoms with Gasteiger partial charge in [-0.3, -0.25) is 0 Å². The molecule has 0 spiro atoms. The molecule has 0 amide bonds. The van der Waals surface area contributed by atoms with Crippen LogP contribution in [0.15, 0.2) is 31.0 Å². The molecular formula is C8H8N4S. The Labute approximate surface area is 81.1 Å². The molecule has 0 aliphatic heterocycles. The van der Waals surface area contributed by atoms with E-state index in [1.54, 1.807) is 17.2 Å². The second kappa shape index (κ2) is 3.57. The van der Waals surface area contributed by atoms with Gasteiger partial charge in [0.05, 0.1) is 0 Å². The number of hydrogen-bond donors (Lipinski definition) is 1. The minimum Gasteiger partial charge on any atom is -0.237 e. The molecule has 2 aromatic heterocycles. The number of rotatable bonds is 2. The van der Waals surface area contributed by atoms with E-state index in [1.807, 2.05) is 12.1 Å². The quantitative estimate of drug-likeness (QED) is 0.724. The molecule has 0 aliphatic carbocycles. The lowest BCUT2D eigenvalue weighted by atomic mass is 10.3. The number of thiol groups is 1. The molecule has 4 nitrogen and oxygen atoms in total. The minimum absolute atomic E-state index is 0.699. The predicted molar refractivity (Wildman–Crippen MR) is 51.8 cm³/mol. The van der Waals surface area contributed by atoms with E-state index in [9.17, 15) is 0 Å². The van der Waals surface area contributed by atoms with Crippen molar-refractivity contribution in [1.82, 2.24) is 19.7 Å². The normalized spacial score (nSPS) is 10.2. The van der Waals surface area contributed by atoms with Crippen LogP contribution in [0.25, 0.3) is 5.82 Å². The van der Waals surface area contributed by atoms with E-state index in [4.69, 9.17) is 0 Å². The van der Waals surface area contributed by atoms with Gasteiger partial charge in [0, 0.05) is 11.9 Å². The fraction of sp³-hybridized carbons (Fsp3) is 0.125. The van der Waals surface area contributed by atoms with Gasteiger partial charge in [0.25, 0.3) is 0 Å². The average Bonchev–Trinajstić information content (AvgIpc) is 2.71. The fourth-order valence-electron chi connectivity index (χ4n) is 0.972. The first-order valence-corrected chi connectivity index (χ1v) is 4.44. The second-order valence-electron chi connectivity index (χ2n) is 2.52. The SMILES string of the molecule is SCc1ccc(-n2cncn2)nc1. The molecule has 0 atom stereocenters. The van der Waals surface area contributed by atoms with Crippen LogP contribution in [-0.2, 0) is 5.75 Å². The summed E-state index contributed by atoms with van der Waals surface area (Å²) in [5.74, 6) is 1.47. The summed E-state index contributed by atoms with van der Waals surface area (Å²) in [6, 6.07) is 3.86. The van der Waals surface area contributed by atoms with Crippen LogP contribution in [0, 0.1) is 0 Å². The van der Waals surface area contributed by atoms with Crippen LogP contribution in [0.4, 0.5) is 0 Å². The Morgan fingerprint density at radius 1 is 1.38 bits per heavy atom. The molecule has 2 aromatic rings. The van der Waals surface area contributed by atoms with Crippen LogP contribution in [0.5, 0.6) is 0 Å². The van der Waals surface area contributed by atoms with Crippen molar-refractivity contribution in [2.24, 2.45) is 0 Å². The molecule has 0 bridgehead atoms. The Hall–Kier alpha value is -1.36. The summed E-state index contributed by atoms with van der Waals surface area (Å²) in [5, 5.41) is 3.97. The van der Waals surface area contributed by atoms with Crippen molar-refractivity contribution in [2.45, 2.75) is 5.75 Å². The lowest BCUT2D eigenvalue weighted by molar-refractivity contribution is 0.843. The van der Waals surface area contributed by atoms with Crippen molar-refractivity contribution in [3.05, 3.63) is 36.5 Å². The third-order valence-electron chi connectivity index (χ3n) is 1.65.